The third kappa shape index (κ3) is 3.46. The molecule has 0 atom stereocenters. The van der Waals surface area contributed by atoms with Crippen LogP contribution in [0.3, 0.4) is 0 Å². The first kappa shape index (κ1) is 11.3. The molecule has 80 valence electrons. The van der Waals surface area contributed by atoms with Gasteiger partial charge in [0.25, 0.3) is 0 Å². The molecule has 0 aliphatic carbocycles. The highest BCUT2D eigenvalue weighted by atomic mass is 16.1. The molecule has 0 aliphatic rings. The van der Waals surface area contributed by atoms with Gasteiger partial charge in [-0.15, -0.1) is 0 Å². The van der Waals surface area contributed by atoms with E-state index in [0.29, 0.717) is 0 Å². The maximum absolute atomic E-state index is 10.9. The van der Waals surface area contributed by atoms with Crippen molar-refractivity contribution in [2.24, 2.45) is 0 Å². The molecule has 2 N–H and O–H groups in total. The summed E-state index contributed by atoms with van der Waals surface area (Å²) in [6.07, 6.45) is 1.58. The Hall–Kier alpha value is -1.77. The molecule has 0 fully saturated rings. The van der Waals surface area contributed by atoms with Gasteiger partial charge in [0.2, 0.25) is 0 Å². The van der Waals surface area contributed by atoms with E-state index >= 15 is 0 Å². The molecule has 0 radical (unpaired) electrons. The van der Waals surface area contributed by atoms with E-state index in [4.69, 9.17) is 0 Å². The summed E-state index contributed by atoms with van der Waals surface area (Å²) in [5.41, 5.74) is 2.81. The first-order chi connectivity index (χ1) is 7.13. The van der Waals surface area contributed by atoms with E-state index in [1.54, 1.807) is 6.08 Å². The number of carbonyl (C=O) groups is 1. The van der Waals surface area contributed by atoms with Gasteiger partial charge in [-0.05, 0) is 32.1 Å². The molecule has 1 rings (SSSR count). The van der Waals surface area contributed by atoms with Crippen molar-refractivity contribution in [2.45, 2.75) is 13.8 Å². The Kier molecular flexibility index (Phi) is 3.92. The number of ketones is 1. The summed E-state index contributed by atoms with van der Waals surface area (Å²) >= 11 is 0. The second kappa shape index (κ2) is 5.20. The van der Waals surface area contributed by atoms with Gasteiger partial charge in [-0.2, -0.15) is 0 Å². The van der Waals surface area contributed by atoms with Gasteiger partial charge in [-0.1, -0.05) is 12.1 Å². The molecule has 0 aliphatic heterocycles. The topological polar surface area (TPSA) is 41.1 Å². The van der Waals surface area contributed by atoms with Crippen molar-refractivity contribution >= 4 is 17.2 Å². The molecule has 0 spiro atoms. The number of para-hydroxylation sites is 2. The van der Waals surface area contributed by atoms with E-state index < -0.39 is 0 Å². The predicted octanol–water partition coefficient (Wildman–Crippen LogP) is 2.63. The maximum atomic E-state index is 10.9. The first-order valence-corrected chi connectivity index (χ1v) is 4.86. The number of hydrogen-bond acceptors (Lipinski definition) is 3. The van der Waals surface area contributed by atoms with Gasteiger partial charge in [0.1, 0.15) is 0 Å². The predicted molar refractivity (Wildman–Crippen MR) is 64.0 cm³/mol. The van der Waals surface area contributed by atoms with Crippen LogP contribution in [0.5, 0.6) is 0 Å². The van der Waals surface area contributed by atoms with E-state index in [2.05, 4.69) is 10.6 Å². The minimum atomic E-state index is 0.0435. The molecule has 0 saturated carbocycles. The molecule has 0 bridgehead atoms. The van der Waals surface area contributed by atoms with Crippen LogP contribution >= 0.6 is 0 Å². The number of anilines is 2. The quantitative estimate of drug-likeness (QED) is 0.741. The number of benzene rings is 1. The van der Waals surface area contributed by atoms with Crippen LogP contribution in [-0.4, -0.2) is 12.8 Å². The normalized spacial score (nSPS) is 11.0. The van der Waals surface area contributed by atoms with E-state index in [-0.39, 0.29) is 5.78 Å². The fourth-order valence-corrected chi connectivity index (χ4v) is 1.36. The highest BCUT2D eigenvalue weighted by Crippen LogP contribution is 2.21. The Morgan fingerprint density at radius 2 is 1.80 bits per heavy atom. The van der Waals surface area contributed by atoms with Gasteiger partial charge in [0, 0.05) is 12.7 Å². The smallest absolute Gasteiger partial charge is 0.154 e. The molecule has 3 nitrogen and oxygen atoms in total. The van der Waals surface area contributed by atoms with E-state index in [1.165, 1.54) is 6.92 Å². The van der Waals surface area contributed by atoms with Gasteiger partial charge in [-0.3, -0.25) is 4.79 Å². The number of hydrogen-bond donors (Lipinski definition) is 2. The zero-order valence-electron chi connectivity index (χ0n) is 9.29. The molecule has 0 saturated heterocycles. The molecular weight excluding hydrogens is 188 g/mol. The number of nitrogens with one attached hydrogen (secondary N) is 2. The van der Waals surface area contributed by atoms with Crippen LogP contribution < -0.4 is 10.6 Å². The lowest BCUT2D eigenvalue weighted by molar-refractivity contribution is -0.112. The average molecular weight is 204 g/mol. The zero-order valence-corrected chi connectivity index (χ0v) is 9.29. The standard InChI is InChI=1S/C12H16N2O/c1-9(8-10(2)15)14-12-7-5-4-6-11(12)13-3/h4-8,13-14H,1-3H3/b9-8-. The molecule has 0 unspecified atom stereocenters. The third-order valence-corrected chi connectivity index (χ3v) is 1.95. The van der Waals surface area contributed by atoms with Crippen molar-refractivity contribution in [1.82, 2.24) is 0 Å². The molecule has 0 amide bonds. The Morgan fingerprint density at radius 1 is 1.20 bits per heavy atom. The van der Waals surface area contributed by atoms with Gasteiger partial charge < -0.3 is 10.6 Å². The molecule has 0 aromatic heterocycles. The highest BCUT2D eigenvalue weighted by molar-refractivity contribution is 5.88. The summed E-state index contributed by atoms with van der Waals surface area (Å²) in [5, 5.41) is 6.25. The Bertz CT molecular complexity index is 383. The van der Waals surface area contributed by atoms with E-state index in [9.17, 15) is 4.79 Å². The lowest BCUT2D eigenvalue weighted by Gasteiger charge is -2.11. The van der Waals surface area contributed by atoms with Crippen molar-refractivity contribution in [1.29, 1.82) is 0 Å². The third-order valence-electron chi connectivity index (χ3n) is 1.95. The van der Waals surface area contributed by atoms with Crippen molar-refractivity contribution < 1.29 is 4.79 Å². The Labute approximate surface area is 90.2 Å². The number of allylic oxidation sites excluding steroid dienone is 2. The number of rotatable bonds is 4. The fraction of sp³-hybridized carbons (Fsp3) is 0.250. The SMILES string of the molecule is CNc1ccccc1N/C(C)=C\C(C)=O. The minimum Gasteiger partial charge on any atom is -0.386 e. The van der Waals surface area contributed by atoms with Gasteiger partial charge in [0.05, 0.1) is 11.4 Å². The van der Waals surface area contributed by atoms with Crippen LogP contribution in [-0.2, 0) is 4.79 Å². The van der Waals surface area contributed by atoms with Crippen LogP contribution in [0.2, 0.25) is 0 Å². The largest absolute Gasteiger partial charge is 0.386 e. The van der Waals surface area contributed by atoms with Crippen LogP contribution in [0.4, 0.5) is 11.4 Å². The van der Waals surface area contributed by atoms with Crippen LogP contribution in [0.25, 0.3) is 0 Å². The summed E-state index contributed by atoms with van der Waals surface area (Å²) in [6, 6.07) is 7.85. The fourth-order valence-electron chi connectivity index (χ4n) is 1.36. The van der Waals surface area contributed by atoms with Crippen LogP contribution in [0.15, 0.2) is 36.0 Å². The van der Waals surface area contributed by atoms with Crippen molar-refractivity contribution in [3.8, 4) is 0 Å². The van der Waals surface area contributed by atoms with Gasteiger partial charge in [-0.25, -0.2) is 0 Å². The van der Waals surface area contributed by atoms with Crippen LogP contribution in [0.1, 0.15) is 13.8 Å². The average Bonchev–Trinajstić information content (AvgIpc) is 2.17. The lowest BCUT2D eigenvalue weighted by atomic mass is 10.2. The number of carbonyl (C=O) groups excluding carboxylic acids is 1. The molecule has 1 aromatic carbocycles. The first-order valence-electron chi connectivity index (χ1n) is 4.86. The van der Waals surface area contributed by atoms with Crippen LogP contribution in [0, 0.1) is 0 Å². The summed E-state index contributed by atoms with van der Waals surface area (Å²) in [7, 11) is 1.87. The van der Waals surface area contributed by atoms with E-state index in [1.807, 2.05) is 38.2 Å². The van der Waals surface area contributed by atoms with Crippen molar-refractivity contribution in [3.63, 3.8) is 0 Å². The molecule has 15 heavy (non-hydrogen) atoms. The molecule has 0 heterocycles. The Balaban J connectivity index is 2.84. The van der Waals surface area contributed by atoms with Gasteiger partial charge in [0.15, 0.2) is 5.78 Å². The zero-order chi connectivity index (χ0) is 11.3. The van der Waals surface area contributed by atoms with Gasteiger partial charge >= 0.3 is 0 Å². The summed E-state index contributed by atoms with van der Waals surface area (Å²) in [4.78, 5) is 10.9. The monoisotopic (exact) mass is 204 g/mol. The molecule has 3 heteroatoms. The second-order valence-electron chi connectivity index (χ2n) is 3.36. The molecular formula is C12H16N2O. The van der Waals surface area contributed by atoms with Crippen molar-refractivity contribution in [3.05, 3.63) is 36.0 Å². The van der Waals surface area contributed by atoms with E-state index in [0.717, 1.165) is 17.1 Å². The summed E-state index contributed by atoms with van der Waals surface area (Å²) in [5.74, 6) is 0.0435. The minimum absolute atomic E-state index is 0.0435. The maximum Gasteiger partial charge on any atom is 0.154 e. The summed E-state index contributed by atoms with van der Waals surface area (Å²) in [6.45, 7) is 3.41. The summed E-state index contributed by atoms with van der Waals surface area (Å²) < 4.78 is 0. The highest BCUT2D eigenvalue weighted by Gasteiger charge is 1.99. The van der Waals surface area contributed by atoms with Crippen molar-refractivity contribution in [2.75, 3.05) is 17.7 Å². The lowest BCUT2D eigenvalue weighted by Crippen LogP contribution is -2.01. The Morgan fingerprint density at radius 3 is 2.33 bits per heavy atom. The second-order valence-corrected chi connectivity index (χ2v) is 3.36. The molecule has 1 aromatic rings.